The number of amides is 1. The topological polar surface area (TPSA) is 64.6 Å². The molecule has 0 aliphatic heterocycles. The van der Waals surface area contributed by atoms with Crippen molar-refractivity contribution in [3.8, 4) is 0 Å². The minimum Gasteiger partial charge on any atom is -0.469 e. The Bertz CT molecular complexity index is 335. The number of hydrogen-bond donors (Lipinski definition) is 1. The van der Waals surface area contributed by atoms with Crippen molar-refractivity contribution in [2.45, 2.75) is 58.5 Å². The van der Waals surface area contributed by atoms with E-state index in [4.69, 9.17) is 9.47 Å². The Kier molecular flexibility index (Phi) is 6.30. The Balaban J connectivity index is 2.53. The zero-order valence-corrected chi connectivity index (χ0v) is 13.0. The molecule has 0 aromatic heterocycles. The predicted molar refractivity (Wildman–Crippen MR) is 76.3 cm³/mol. The highest BCUT2D eigenvalue weighted by atomic mass is 16.6. The standard InChI is InChI=1S/C15H27NO4/c1-15(2,3)20-14(18)16-10-11-8-6-5-7-9-12(11)13(17)19-4/h11-12H,5-10H2,1-4H3,(H,16,18)/t11-,12+/m0/s1. The highest BCUT2D eigenvalue weighted by Crippen LogP contribution is 2.29. The molecule has 0 radical (unpaired) electrons. The van der Waals surface area contributed by atoms with Crippen LogP contribution in [0.5, 0.6) is 0 Å². The zero-order chi connectivity index (χ0) is 15.2. The Morgan fingerprint density at radius 2 is 1.80 bits per heavy atom. The molecule has 5 nitrogen and oxygen atoms in total. The maximum Gasteiger partial charge on any atom is 0.407 e. The summed E-state index contributed by atoms with van der Waals surface area (Å²) in [4.78, 5) is 23.5. The van der Waals surface area contributed by atoms with E-state index >= 15 is 0 Å². The average Bonchev–Trinajstić information content (AvgIpc) is 2.58. The number of esters is 1. The van der Waals surface area contributed by atoms with Crippen molar-refractivity contribution in [2.75, 3.05) is 13.7 Å². The number of nitrogens with one attached hydrogen (secondary N) is 1. The summed E-state index contributed by atoms with van der Waals surface area (Å²) in [6.45, 7) is 5.95. The zero-order valence-electron chi connectivity index (χ0n) is 13.0. The Labute approximate surface area is 121 Å². The van der Waals surface area contributed by atoms with Crippen LogP contribution < -0.4 is 5.32 Å². The number of carbonyl (C=O) groups excluding carboxylic acids is 2. The molecule has 0 saturated heterocycles. The lowest BCUT2D eigenvalue weighted by Crippen LogP contribution is -2.38. The van der Waals surface area contributed by atoms with Crippen molar-refractivity contribution >= 4 is 12.1 Å². The first kappa shape index (κ1) is 16.8. The third kappa shape index (κ3) is 5.80. The van der Waals surface area contributed by atoms with Crippen molar-refractivity contribution in [2.24, 2.45) is 11.8 Å². The van der Waals surface area contributed by atoms with E-state index in [0.717, 1.165) is 32.1 Å². The van der Waals surface area contributed by atoms with Gasteiger partial charge in [0.15, 0.2) is 0 Å². The van der Waals surface area contributed by atoms with E-state index in [0.29, 0.717) is 6.54 Å². The van der Waals surface area contributed by atoms with Gasteiger partial charge in [0.2, 0.25) is 0 Å². The fraction of sp³-hybridized carbons (Fsp3) is 0.867. The summed E-state index contributed by atoms with van der Waals surface area (Å²) in [5.74, 6) is -0.141. The second-order valence-electron chi connectivity index (χ2n) is 6.41. The smallest absolute Gasteiger partial charge is 0.407 e. The molecule has 1 saturated carbocycles. The summed E-state index contributed by atoms with van der Waals surface area (Å²) in [5.41, 5.74) is -0.505. The number of hydrogen-bond acceptors (Lipinski definition) is 4. The quantitative estimate of drug-likeness (QED) is 0.639. The van der Waals surface area contributed by atoms with Gasteiger partial charge in [-0.2, -0.15) is 0 Å². The van der Waals surface area contributed by atoms with Crippen LogP contribution in [-0.4, -0.2) is 31.3 Å². The average molecular weight is 285 g/mol. The third-order valence-electron chi connectivity index (χ3n) is 3.57. The maximum absolute atomic E-state index is 11.8. The van der Waals surface area contributed by atoms with Crippen molar-refractivity contribution in [3.05, 3.63) is 0 Å². The van der Waals surface area contributed by atoms with Crippen molar-refractivity contribution in [1.29, 1.82) is 0 Å². The first-order valence-corrected chi connectivity index (χ1v) is 7.38. The lowest BCUT2D eigenvalue weighted by Gasteiger charge is -2.25. The number of rotatable bonds is 3. The van der Waals surface area contributed by atoms with E-state index in [9.17, 15) is 9.59 Å². The van der Waals surface area contributed by atoms with Crippen LogP contribution in [0, 0.1) is 11.8 Å². The van der Waals surface area contributed by atoms with E-state index < -0.39 is 11.7 Å². The Morgan fingerprint density at radius 3 is 2.40 bits per heavy atom. The number of methoxy groups -OCH3 is 1. The van der Waals surface area contributed by atoms with E-state index in [-0.39, 0.29) is 17.8 Å². The van der Waals surface area contributed by atoms with E-state index in [1.807, 2.05) is 20.8 Å². The lowest BCUT2D eigenvalue weighted by molar-refractivity contribution is -0.147. The second kappa shape index (κ2) is 7.50. The molecule has 0 heterocycles. The third-order valence-corrected chi connectivity index (χ3v) is 3.57. The molecule has 0 aromatic rings. The SMILES string of the molecule is COC(=O)[C@@H]1CCCCC[C@H]1CNC(=O)OC(C)(C)C. The number of ether oxygens (including phenoxy) is 2. The number of alkyl carbamates (subject to hydrolysis) is 1. The van der Waals surface area contributed by atoms with Gasteiger partial charge in [0.1, 0.15) is 5.60 Å². The van der Waals surface area contributed by atoms with Crippen LogP contribution in [0.3, 0.4) is 0 Å². The molecule has 2 atom stereocenters. The van der Waals surface area contributed by atoms with Gasteiger partial charge in [0.25, 0.3) is 0 Å². The van der Waals surface area contributed by atoms with Gasteiger partial charge in [0, 0.05) is 6.54 Å². The van der Waals surface area contributed by atoms with Crippen LogP contribution >= 0.6 is 0 Å². The fourth-order valence-electron chi connectivity index (χ4n) is 2.62. The minimum absolute atomic E-state index is 0.113. The molecule has 1 aliphatic carbocycles. The van der Waals surface area contributed by atoms with Gasteiger partial charge >= 0.3 is 12.1 Å². The maximum atomic E-state index is 11.8. The molecule has 0 unspecified atom stereocenters. The summed E-state index contributed by atoms with van der Waals surface area (Å²) < 4.78 is 10.1. The summed E-state index contributed by atoms with van der Waals surface area (Å²) >= 11 is 0. The van der Waals surface area contributed by atoms with Crippen LogP contribution in [0.2, 0.25) is 0 Å². The molecule has 0 aromatic carbocycles. The molecular weight excluding hydrogens is 258 g/mol. The van der Waals surface area contributed by atoms with Crippen molar-refractivity contribution in [3.63, 3.8) is 0 Å². The summed E-state index contributed by atoms with van der Waals surface area (Å²) in [6, 6.07) is 0. The molecule has 0 bridgehead atoms. The minimum atomic E-state index is -0.505. The Morgan fingerprint density at radius 1 is 1.15 bits per heavy atom. The van der Waals surface area contributed by atoms with Gasteiger partial charge in [-0.15, -0.1) is 0 Å². The largest absolute Gasteiger partial charge is 0.469 e. The predicted octanol–water partition coefficient (Wildman–Crippen LogP) is 2.88. The fourth-order valence-corrected chi connectivity index (χ4v) is 2.62. The molecule has 1 amide bonds. The van der Waals surface area contributed by atoms with Gasteiger partial charge in [-0.3, -0.25) is 4.79 Å². The normalized spacial score (nSPS) is 23.6. The van der Waals surface area contributed by atoms with Crippen LogP contribution in [0.1, 0.15) is 52.9 Å². The van der Waals surface area contributed by atoms with Crippen LogP contribution in [0.4, 0.5) is 4.79 Å². The summed E-state index contributed by atoms with van der Waals surface area (Å²) in [7, 11) is 1.42. The van der Waals surface area contributed by atoms with Crippen LogP contribution in [0.25, 0.3) is 0 Å². The molecule has 5 heteroatoms. The van der Waals surface area contributed by atoms with Crippen LogP contribution in [-0.2, 0) is 14.3 Å². The second-order valence-corrected chi connectivity index (χ2v) is 6.41. The van der Waals surface area contributed by atoms with Crippen LogP contribution in [0.15, 0.2) is 0 Å². The molecule has 0 spiro atoms. The van der Waals surface area contributed by atoms with Crippen molar-refractivity contribution in [1.82, 2.24) is 5.32 Å². The molecular formula is C15H27NO4. The van der Waals surface area contributed by atoms with Crippen molar-refractivity contribution < 1.29 is 19.1 Å². The monoisotopic (exact) mass is 285 g/mol. The molecule has 116 valence electrons. The van der Waals surface area contributed by atoms with Gasteiger partial charge in [-0.05, 0) is 39.5 Å². The van der Waals surface area contributed by atoms with E-state index in [2.05, 4.69) is 5.32 Å². The molecule has 1 N–H and O–H groups in total. The van der Waals surface area contributed by atoms with Gasteiger partial charge < -0.3 is 14.8 Å². The highest BCUT2D eigenvalue weighted by Gasteiger charge is 2.31. The molecule has 20 heavy (non-hydrogen) atoms. The summed E-state index contributed by atoms with van der Waals surface area (Å²) in [6.07, 6.45) is 4.63. The van der Waals surface area contributed by atoms with E-state index in [1.54, 1.807) is 0 Å². The first-order chi connectivity index (χ1) is 9.33. The van der Waals surface area contributed by atoms with Gasteiger partial charge in [0.05, 0.1) is 13.0 Å². The van der Waals surface area contributed by atoms with E-state index in [1.165, 1.54) is 7.11 Å². The molecule has 1 aliphatic rings. The highest BCUT2D eigenvalue weighted by molar-refractivity contribution is 5.73. The van der Waals surface area contributed by atoms with Gasteiger partial charge in [-0.25, -0.2) is 4.79 Å². The Hall–Kier alpha value is -1.26. The number of carbonyl (C=O) groups is 2. The lowest BCUT2D eigenvalue weighted by atomic mass is 9.88. The van der Waals surface area contributed by atoms with Gasteiger partial charge in [-0.1, -0.05) is 19.3 Å². The first-order valence-electron chi connectivity index (χ1n) is 7.38. The molecule has 1 fully saturated rings. The summed E-state index contributed by atoms with van der Waals surface area (Å²) in [5, 5.41) is 2.78. The molecule has 1 rings (SSSR count).